The zero-order valence-electron chi connectivity index (χ0n) is 30.2. The van der Waals surface area contributed by atoms with Crippen LogP contribution in [0.1, 0.15) is 62.3 Å². The Labute approximate surface area is 319 Å². The van der Waals surface area contributed by atoms with Crippen LogP contribution in [-0.4, -0.2) is 126 Å². The summed E-state index contributed by atoms with van der Waals surface area (Å²) in [6, 6.07) is 0. The van der Waals surface area contributed by atoms with Crippen LogP contribution >= 0.6 is 34.8 Å². The molecule has 0 radical (unpaired) electrons. The van der Waals surface area contributed by atoms with Crippen molar-refractivity contribution < 1.29 is 85.7 Å². The monoisotopic (exact) mass is 821 g/mol. The molecule has 0 spiro atoms. The van der Waals surface area contributed by atoms with E-state index < -0.39 is 132 Å². The highest BCUT2D eigenvalue weighted by Gasteiger charge is 2.59. The molecule has 2 heterocycles. The van der Waals surface area contributed by atoms with E-state index >= 15 is 0 Å². The second kappa shape index (κ2) is 19.2. The number of esters is 7. The van der Waals surface area contributed by atoms with Gasteiger partial charge in [-0.3, -0.25) is 39.0 Å². The Kier molecular flexibility index (Phi) is 16.5. The molecule has 0 amide bonds. The van der Waals surface area contributed by atoms with Crippen molar-refractivity contribution in [3.05, 3.63) is 0 Å². The summed E-state index contributed by atoms with van der Waals surface area (Å²) in [6.07, 6.45) is -17.4. The van der Waals surface area contributed by atoms with Crippen molar-refractivity contribution in [3.8, 4) is 0 Å². The topological polar surface area (TPSA) is 245 Å². The highest BCUT2D eigenvalue weighted by Crippen LogP contribution is 2.38. The van der Waals surface area contributed by atoms with Crippen LogP contribution in [0, 0.1) is 10.8 Å². The first-order valence-electron chi connectivity index (χ1n) is 15.8. The highest BCUT2D eigenvalue weighted by atomic mass is 35.6. The number of nitrogens with one attached hydrogen (secondary N) is 1. The van der Waals surface area contributed by atoms with E-state index in [1.807, 2.05) is 0 Å². The minimum absolute atomic E-state index is 0.636. The third kappa shape index (κ3) is 14.0. The van der Waals surface area contributed by atoms with E-state index in [-0.39, 0.29) is 0 Å². The van der Waals surface area contributed by atoms with E-state index in [9.17, 15) is 33.6 Å². The van der Waals surface area contributed by atoms with Gasteiger partial charge in [-0.05, 0) is 20.8 Å². The second-order valence-corrected chi connectivity index (χ2v) is 14.9. The molecule has 2 aliphatic heterocycles. The standard InChI is InChI=1S/C31H42Cl3NO18/c1-12(36)43-10-18-20(45-14(3)38)22(47-16(5)40)24(48-17(6)41)26(49-18)51-23-21(46-15(4)39)19(11-44-13(2)37)50-27(53-28(35)31(32,33)34)25(23)52-29(42)30(7,8)9/h18-27,35H,10-11H2,1-9H3/t18-,19-,20+,21+,22+,23+,24-,25-,26+,27-/m1/s1. The van der Waals surface area contributed by atoms with Gasteiger partial charge in [-0.1, -0.05) is 34.8 Å². The van der Waals surface area contributed by atoms with Crippen LogP contribution in [0.4, 0.5) is 0 Å². The first-order valence-corrected chi connectivity index (χ1v) is 16.9. The molecule has 0 aromatic rings. The van der Waals surface area contributed by atoms with Crippen molar-refractivity contribution in [1.82, 2.24) is 0 Å². The molecule has 300 valence electrons. The number of rotatable bonds is 12. The molecule has 2 fully saturated rings. The number of alkyl halides is 3. The quantitative estimate of drug-likeness (QED) is 0.0972. The Hall–Kier alpha value is -3.49. The number of ether oxygens (including phenoxy) is 11. The SMILES string of the molecule is CC(=O)OC[C@H]1O[C@@H](O[C@H]2[C@@H](OC(C)=O)[C@@H](COC(C)=O)O[C@H](OC(=N)C(Cl)(Cl)Cl)[C@@H]2OC(=O)C(C)(C)C)[C@H](OC(C)=O)[C@@H](OC(C)=O)[C@H]1OC(C)=O. The molecule has 0 saturated carbocycles. The fourth-order valence-electron chi connectivity index (χ4n) is 4.86. The maximum absolute atomic E-state index is 13.4. The molecule has 10 atom stereocenters. The van der Waals surface area contributed by atoms with Gasteiger partial charge in [-0.25, -0.2) is 0 Å². The summed E-state index contributed by atoms with van der Waals surface area (Å²) in [4.78, 5) is 86.6. The third-order valence-corrected chi connectivity index (χ3v) is 7.45. The molecule has 0 unspecified atom stereocenters. The molecular weight excluding hydrogens is 781 g/mol. The van der Waals surface area contributed by atoms with Crippen LogP contribution in [0.5, 0.6) is 0 Å². The van der Waals surface area contributed by atoms with Gasteiger partial charge >= 0.3 is 41.8 Å². The molecule has 2 saturated heterocycles. The van der Waals surface area contributed by atoms with Gasteiger partial charge in [0.25, 0.3) is 3.79 Å². The Bertz CT molecular complexity index is 1400. The van der Waals surface area contributed by atoms with Crippen LogP contribution in [-0.2, 0) is 85.7 Å². The van der Waals surface area contributed by atoms with Crippen molar-refractivity contribution in [2.24, 2.45) is 5.41 Å². The van der Waals surface area contributed by atoms with E-state index in [1.165, 1.54) is 20.8 Å². The molecule has 0 bridgehead atoms. The zero-order chi connectivity index (χ0) is 40.6. The van der Waals surface area contributed by atoms with E-state index in [0.717, 1.165) is 41.5 Å². The summed E-state index contributed by atoms with van der Waals surface area (Å²) in [5.41, 5.74) is -1.22. The number of carbonyl (C=O) groups is 7. The lowest BCUT2D eigenvalue weighted by atomic mass is 9.94. The van der Waals surface area contributed by atoms with Crippen molar-refractivity contribution >= 4 is 82.5 Å². The maximum Gasteiger partial charge on any atom is 0.311 e. The lowest BCUT2D eigenvalue weighted by Gasteiger charge is -2.49. The summed E-state index contributed by atoms with van der Waals surface area (Å²) in [5, 5.41) is 8.21. The molecule has 2 rings (SSSR count). The Morgan fingerprint density at radius 3 is 1.30 bits per heavy atom. The molecule has 22 heteroatoms. The molecule has 53 heavy (non-hydrogen) atoms. The van der Waals surface area contributed by atoms with E-state index in [0.29, 0.717) is 0 Å². The van der Waals surface area contributed by atoms with E-state index in [4.69, 9.17) is 92.3 Å². The summed E-state index contributed by atoms with van der Waals surface area (Å²) < 4.78 is 59.2. The van der Waals surface area contributed by atoms with Gasteiger partial charge in [0.15, 0.2) is 36.8 Å². The molecule has 0 aliphatic carbocycles. The smallest absolute Gasteiger partial charge is 0.311 e. The summed E-state index contributed by atoms with van der Waals surface area (Å²) >= 11 is 17.6. The number of carbonyl (C=O) groups excluding carboxylic acids is 7. The van der Waals surface area contributed by atoms with Gasteiger partial charge in [0, 0.05) is 41.5 Å². The van der Waals surface area contributed by atoms with Crippen LogP contribution in [0.25, 0.3) is 0 Å². The minimum atomic E-state index is -2.49. The van der Waals surface area contributed by atoms with E-state index in [1.54, 1.807) is 0 Å². The van der Waals surface area contributed by atoms with Gasteiger partial charge in [-0.2, -0.15) is 0 Å². The number of halogens is 3. The average Bonchev–Trinajstić information content (AvgIpc) is 2.98. The fraction of sp³-hybridized carbons (Fsp3) is 0.742. The van der Waals surface area contributed by atoms with Crippen LogP contribution in [0.2, 0.25) is 0 Å². The zero-order valence-corrected chi connectivity index (χ0v) is 32.4. The van der Waals surface area contributed by atoms with Crippen LogP contribution in [0.3, 0.4) is 0 Å². The van der Waals surface area contributed by atoms with Crippen molar-refractivity contribution in [3.63, 3.8) is 0 Å². The molecule has 2 aliphatic rings. The van der Waals surface area contributed by atoms with Crippen molar-refractivity contribution in [2.75, 3.05) is 13.2 Å². The fourth-order valence-corrected chi connectivity index (χ4v) is 4.99. The second-order valence-electron chi connectivity index (χ2n) is 12.7. The van der Waals surface area contributed by atoms with Gasteiger partial charge < -0.3 is 52.1 Å². The van der Waals surface area contributed by atoms with Gasteiger partial charge in [-0.15, -0.1) is 0 Å². The van der Waals surface area contributed by atoms with Crippen molar-refractivity contribution in [2.45, 2.75) is 128 Å². The van der Waals surface area contributed by atoms with Crippen LogP contribution in [0.15, 0.2) is 0 Å². The molecular formula is C31H42Cl3NO18. The first kappa shape index (κ1) is 45.7. The molecule has 19 nitrogen and oxygen atoms in total. The lowest BCUT2D eigenvalue weighted by Crippen LogP contribution is -2.67. The van der Waals surface area contributed by atoms with Gasteiger partial charge in [0.2, 0.25) is 12.2 Å². The maximum atomic E-state index is 13.4. The molecule has 0 aromatic carbocycles. The minimum Gasteiger partial charge on any atom is -0.463 e. The first-order chi connectivity index (χ1) is 24.3. The third-order valence-electron chi connectivity index (χ3n) is 6.93. The van der Waals surface area contributed by atoms with Crippen LogP contribution < -0.4 is 0 Å². The highest BCUT2D eigenvalue weighted by molar-refractivity contribution is 6.76. The number of hydrogen-bond acceptors (Lipinski definition) is 19. The normalized spacial score (nSPS) is 28.7. The molecule has 1 N–H and O–H groups in total. The van der Waals surface area contributed by atoms with Gasteiger partial charge in [0.05, 0.1) is 5.41 Å². The predicted molar refractivity (Wildman–Crippen MR) is 176 cm³/mol. The van der Waals surface area contributed by atoms with Crippen molar-refractivity contribution in [1.29, 1.82) is 5.41 Å². The Balaban J connectivity index is 2.89. The largest absolute Gasteiger partial charge is 0.463 e. The predicted octanol–water partition coefficient (Wildman–Crippen LogP) is 2.00. The summed E-state index contributed by atoms with van der Waals surface area (Å²) in [6.45, 7) is 9.31. The Morgan fingerprint density at radius 2 is 0.906 bits per heavy atom. The summed E-state index contributed by atoms with van der Waals surface area (Å²) in [7, 11) is 0. The number of hydrogen-bond donors (Lipinski definition) is 1. The lowest BCUT2D eigenvalue weighted by molar-refractivity contribution is -0.357. The van der Waals surface area contributed by atoms with E-state index in [2.05, 4.69) is 0 Å². The average molecular weight is 823 g/mol. The Morgan fingerprint density at radius 1 is 0.528 bits per heavy atom. The summed E-state index contributed by atoms with van der Waals surface area (Å²) in [5.74, 6) is -7.33. The molecule has 0 aromatic heterocycles. The van der Waals surface area contributed by atoms with Gasteiger partial charge in [0.1, 0.15) is 31.5 Å².